The van der Waals surface area contributed by atoms with E-state index in [4.69, 9.17) is 10.5 Å². The number of halogens is 2. The summed E-state index contributed by atoms with van der Waals surface area (Å²) in [5.41, 5.74) is -1.41. The molecule has 0 aromatic heterocycles. The second kappa shape index (κ2) is 6.12. The van der Waals surface area contributed by atoms with Gasteiger partial charge >= 0.3 is 5.97 Å². The van der Waals surface area contributed by atoms with Gasteiger partial charge in [-0.15, -0.1) is 0 Å². The fourth-order valence-corrected chi connectivity index (χ4v) is 1.19. The van der Waals surface area contributed by atoms with Crippen molar-refractivity contribution in [3.8, 4) is 12.1 Å². The minimum Gasteiger partial charge on any atom is -0.465 e. The summed E-state index contributed by atoms with van der Waals surface area (Å²) in [6.45, 7) is 0. The smallest absolute Gasteiger partial charge is 0.343 e. The lowest BCUT2D eigenvalue weighted by molar-refractivity contribution is 0.0590. The molecule has 0 aliphatic carbocycles. The number of esters is 1. The maximum atomic E-state index is 13.8. The van der Waals surface area contributed by atoms with Crippen molar-refractivity contribution < 1.29 is 18.3 Å². The van der Waals surface area contributed by atoms with Crippen LogP contribution in [0.15, 0.2) is 23.9 Å². The quantitative estimate of drug-likeness (QED) is 0.666. The Bertz CT molecular complexity index is 611. The first-order chi connectivity index (χ1) is 9.04. The van der Waals surface area contributed by atoms with E-state index in [-0.39, 0.29) is 11.3 Å². The topological polar surface area (TPSA) is 85.9 Å². The fourth-order valence-electron chi connectivity index (χ4n) is 1.19. The summed E-state index contributed by atoms with van der Waals surface area (Å²) < 4.78 is 31.4. The van der Waals surface area contributed by atoms with Gasteiger partial charge in [0.1, 0.15) is 29.1 Å². The molecule has 0 atom stereocenters. The fraction of sp³-hybridized carbons (Fsp3) is 0.0833. The average Bonchev–Trinajstić information content (AvgIpc) is 2.41. The zero-order valence-corrected chi connectivity index (χ0v) is 9.70. The van der Waals surface area contributed by atoms with E-state index in [9.17, 15) is 13.6 Å². The van der Waals surface area contributed by atoms with Crippen LogP contribution < -0.4 is 5.32 Å². The first-order valence-corrected chi connectivity index (χ1v) is 4.88. The summed E-state index contributed by atoms with van der Waals surface area (Å²) in [6, 6.07) is 4.99. The van der Waals surface area contributed by atoms with E-state index in [0.29, 0.717) is 0 Å². The summed E-state index contributed by atoms with van der Waals surface area (Å²) in [5.74, 6) is -3.40. The van der Waals surface area contributed by atoms with Crippen LogP contribution in [0.3, 0.4) is 0 Å². The highest BCUT2D eigenvalue weighted by Crippen LogP contribution is 2.22. The van der Waals surface area contributed by atoms with Gasteiger partial charge in [-0.3, -0.25) is 0 Å². The van der Waals surface area contributed by atoms with Crippen molar-refractivity contribution in [2.75, 3.05) is 12.4 Å². The van der Waals surface area contributed by atoms with Gasteiger partial charge in [0, 0.05) is 6.20 Å². The zero-order valence-electron chi connectivity index (χ0n) is 9.70. The lowest BCUT2D eigenvalue weighted by atomic mass is 10.1. The summed E-state index contributed by atoms with van der Waals surface area (Å²) in [4.78, 5) is 11.2. The Kier molecular flexibility index (Phi) is 4.56. The molecule has 7 heteroatoms. The van der Waals surface area contributed by atoms with E-state index in [2.05, 4.69) is 10.1 Å². The molecule has 1 aromatic carbocycles. The molecule has 0 amide bonds. The third kappa shape index (κ3) is 3.05. The maximum Gasteiger partial charge on any atom is 0.343 e. The summed E-state index contributed by atoms with van der Waals surface area (Å²) in [5, 5.41) is 19.3. The van der Waals surface area contributed by atoms with Crippen LogP contribution in [0.25, 0.3) is 0 Å². The van der Waals surface area contributed by atoms with E-state index >= 15 is 0 Å². The van der Waals surface area contributed by atoms with Crippen molar-refractivity contribution in [2.45, 2.75) is 0 Å². The molecular weight excluding hydrogens is 256 g/mol. The second-order valence-corrected chi connectivity index (χ2v) is 3.20. The molecule has 1 N–H and O–H groups in total. The van der Waals surface area contributed by atoms with Crippen molar-refractivity contribution >= 4 is 11.7 Å². The molecular formula is C12H7F2N3O2. The van der Waals surface area contributed by atoms with E-state index in [1.54, 1.807) is 12.1 Å². The van der Waals surface area contributed by atoms with Crippen molar-refractivity contribution in [3.63, 3.8) is 0 Å². The SMILES string of the molecule is COC(=O)c1c(F)ccc(NC=C(C#N)C#N)c1F. The van der Waals surface area contributed by atoms with Gasteiger partial charge in [0.15, 0.2) is 5.82 Å². The monoisotopic (exact) mass is 263 g/mol. The van der Waals surface area contributed by atoms with E-state index in [0.717, 1.165) is 25.4 Å². The number of anilines is 1. The van der Waals surface area contributed by atoms with Crippen LogP contribution >= 0.6 is 0 Å². The lowest BCUT2D eigenvalue weighted by Gasteiger charge is -2.07. The van der Waals surface area contributed by atoms with E-state index in [1.165, 1.54) is 0 Å². The molecule has 1 rings (SSSR count). The standard InChI is InChI=1S/C12H7F2N3O2/c1-19-12(18)10-8(13)2-3-9(11(10)14)17-6-7(4-15)5-16/h2-3,6,17H,1H3. The van der Waals surface area contributed by atoms with Crippen molar-refractivity contribution in [3.05, 3.63) is 41.1 Å². The number of nitrogens with zero attached hydrogens (tertiary/aromatic N) is 2. The highest BCUT2D eigenvalue weighted by atomic mass is 19.1. The first kappa shape index (κ1) is 14.1. The Hall–Kier alpha value is -2.93. The number of methoxy groups -OCH3 is 1. The van der Waals surface area contributed by atoms with Gasteiger partial charge < -0.3 is 10.1 Å². The number of benzene rings is 1. The van der Waals surface area contributed by atoms with Gasteiger partial charge in [0.2, 0.25) is 0 Å². The minimum atomic E-state index is -1.17. The summed E-state index contributed by atoms with van der Waals surface area (Å²) in [7, 11) is 0.991. The van der Waals surface area contributed by atoms with Gasteiger partial charge in [-0.25, -0.2) is 13.6 Å². The lowest BCUT2D eigenvalue weighted by Crippen LogP contribution is -2.09. The maximum absolute atomic E-state index is 13.8. The first-order valence-electron chi connectivity index (χ1n) is 4.88. The highest BCUT2D eigenvalue weighted by Gasteiger charge is 2.20. The van der Waals surface area contributed by atoms with Gasteiger partial charge in [-0.2, -0.15) is 10.5 Å². The number of ether oxygens (including phenoxy) is 1. The van der Waals surface area contributed by atoms with E-state index in [1.807, 2.05) is 0 Å². The summed E-state index contributed by atoms with van der Waals surface area (Å²) in [6.07, 6.45) is 0.942. The van der Waals surface area contributed by atoms with Crippen molar-refractivity contribution in [2.24, 2.45) is 0 Å². The molecule has 0 saturated carbocycles. The molecule has 19 heavy (non-hydrogen) atoms. The molecule has 0 fully saturated rings. The Morgan fingerprint density at radius 3 is 2.53 bits per heavy atom. The Balaban J connectivity index is 3.20. The number of rotatable bonds is 3. The molecule has 5 nitrogen and oxygen atoms in total. The third-order valence-electron chi connectivity index (χ3n) is 2.09. The Labute approximate surface area is 107 Å². The van der Waals surface area contributed by atoms with E-state index < -0.39 is 23.2 Å². The minimum absolute atomic E-state index is 0.259. The predicted octanol–water partition coefficient (Wildman–Crippen LogP) is 2.09. The van der Waals surface area contributed by atoms with Gasteiger partial charge in [-0.1, -0.05) is 0 Å². The molecule has 0 saturated heterocycles. The van der Waals surface area contributed by atoms with Crippen LogP contribution in [-0.4, -0.2) is 13.1 Å². The number of carbonyl (C=O) groups excluding carboxylic acids is 1. The summed E-state index contributed by atoms with van der Waals surface area (Å²) >= 11 is 0. The average molecular weight is 263 g/mol. The third-order valence-corrected chi connectivity index (χ3v) is 2.09. The predicted molar refractivity (Wildman–Crippen MR) is 60.6 cm³/mol. The molecule has 0 aliphatic rings. The second-order valence-electron chi connectivity index (χ2n) is 3.20. The normalized spacial score (nSPS) is 8.89. The highest BCUT2D eigenvalue weighted by molar-refractivity contribution is 5.91. The van der Waals surface area contributed by atoms with Crippen LogP contribution in [-0.2, 0) is 4.74 Å². The molecule has 0 spiro atoms. The van der Waals surface area contributed by atoms with Gasteiger partial charge in [-0.05, 0) is 12.1 Å². The zero-order chi connectivity index (χ0) is 14.4. The van der Waals surface area contributed by atoms with Crippen LogP contribution in [0.1, 0.15) is 10.4 Å². The molecule has 0 heterocycles. The Morgan fingerprint density at radius 2 is 2.00 bits per heavy atom. The van der Waals surface area contributed by atoms with Crippen molar-refractivity contribution in [1.29, 1.82) is 10.5 Å². The van der Waals surface area contributed by atoms with Crippen LogP contribution in [0, 0.1) is 34.3 Å². The van der Waals surface area contributed by atoms with Crippen molar-refractivity contribution in [1.82, 2.24) is 0 Å². The number of hydrogen-bond donors (Lipinski definition) is 1. The van der Waals surface area contributed by atoms with Crippen LogP contribution in [0.5, 0.6) is 0 Å². The number of nitrogens with one attached hydrogen (secondary N) is 1. The molecule has 0 aliphatic heterocycles. The van der Waals surface area contributed by atoms with Crippen LogP contribution in [0.4, 0.5) is 14.5 Å². The molecule has 96 valence electrons. The van der Waals surface area contributed by atoms with Crippen LogP contribution in [0.2, 0.25) is 0 Å². The molecule has 0 unspecified atom stereocenters. The number of hydrogen-bond acceptors (Lipinski definition) is 5. The number of nitriles is 2. The van der Waals surface area contributed by atoms with Gasteiger partial charge in [0.25, 0.3) is 0 Å². The van der Waals surface area contributed by atoms with Gasteiger partial charge in [0.05, 0.1) is 12.8 Å². The Morgan fingerprint density at radius 1 is 1.37 bits per heavy atom. The molecule has 0 bridgehead atoms. The number of allylic oxidation sites excluding steroid dienone is 1. The largest absolute Gasteiger partial charge is 0.465 e. The number of carbonyl (C=O) groups is 1. The molecule has 1 aromatic rings. The molecule has 0 radical (unpaired) electrons.